The number of amides is 1. The fourth-order valence-electron chi connectivity index (χ4n) is 3.63. The van der Waals surface area contributed by atoms with Gasteiger partial charge in [-0.3, -0.25) is 9.10 Å². The van der Waals surface area contributed by atoms with E-state index in [0.29, 0.717) is 18.7 Å². The highest BCUT2D eigenvalue weighted by molar-refractivity contribution is 7.92. The van der Waals surface area contributed by atoms with E-state index in [1.165, 1.54) is 28.6 Å². The van der Waals surface area contributed by atoms with Crippen molar-refractivity contribution >= 4 is 21.6 Å². The number of hydrogen-bond acceptors (Lipinski definition) is 3. The fraction of sp³-hybridized carbons (Fsp3) is 0.174. The van der Waals surface area contributed by atoms with Gasteiger partial charge in [0.2, 0.25) is 0 Å². The van der Waals surface area contributed by atoms with Gasteiger partial charge in [0.15, 0.2) is 0 Å². The summed E-state index contributed by atoms with van der Waals surface area (Å²) < 4.78 is 55.0. The van der Waals surface area contributed by atoms with Crippen LogP contribution >= 0.6 is 0 Å². The van der Waals surface area contributed by atoms with Crippen molar-refractivity contribution < 1.29 is 22.0 Å². The standard InChI is InChI=1S/C23H20F2N2O3S/c24-19-10-11-21(25)18(13-19)15-26-23(28)17-6-3-8-20(14-17)31(29,30)27-12-4-7-16-5-1-2-9-22(16)27/h1-3,5-6,8-11,13-14H,4,7,12,15H2,(H,26,28). The van der Waals surface area contributed by atoms with E-state index in [2.05, 4.69) is 5.32 Å². The number of hydrogen-bond donors (Lipinski definition) is 1. The van der Waals surface area contributed by atoms with E-state index in [4.69, 9.17) is 0 Å². The number of sulfonamides is 1. The first-order chi connectivity index (χ1) is 14.9. The van der Waals surface area contributed by atoms with Gasteiger partial charge in [0.25, 0.3) is 15.9 Å². The minimum absolute atomic E-state index is 0.00190. The summed E-state index contributed by atoms with van der Waals surface area (Å²) in [6, 6.07) is 16.0. The maximum atomic E-state index is 13.8. The van der Waals surface area contributed by atoms with Crippen LogP contribution in [-0.2, 0) is 23.0 Å². The smallest absolute Gasteiger partial charge is 0.264 e. The van der Waals surface area contributed by atoms with Gasteiger partial charge < -0.3 is 5.32 Å². The van der Waals surface area contributed by atoms with Crippen LogP contribution in [0.5, 0.6) is 0 Å². The van der Waals surface area contributed by atoms with E-state index in [0.717, 1.165) is 30.2 Å². The summed E-state index contributed by atoms with van der Waals surface area (Å²) in [5.74, 6) is -1.83. The number of anilines is 1. The van der Waals surface area contributed by atoms with Crippen LogP contribution in [0.2, 0.25) is 0 Å². The van der Waals surface area contributed by atoms with Crippen molar-refractivity contribution in [1.29, 1.82) is 0 Å². The molecule has 0 aromatic heterocycles. The molecule has 160 valence electrons. The Morgan fingerprint density at radius 3 is 2.65 bits per heavy atom. The number of rotatable bonds is 5. The van der Waals surface area contributed by atoms with Crippen molar-refractivity contribution in [3.05, 3.63) is 95.1 Å². The maximum Gasteiger partial charge on any atom is 0.264 e. The van der Waals surface area contributed by atoms with Crippen LogP contribution in [0, 0.1) is 11.6 Å². The van der Waals surface area contributed by atoms with Gasteiger partial charge in [0.05, 0.1) is 10.6 Å². The summed E-state index contributed by atoms with van der Waals surface area (Å²) in [5.41, 5.74) is 1.72. The number of benzene rings is 3. The lowest BCUT2D eigenvalue weighted by molar-refractivity contribution is 0.0950. The van der Waals surface area contributed by atoms with Gasteiger partial charge in [-0.25, -0.2) is 17.2 Å². The Bertz CT molecular complexity index is 1250. The summed E-state index contributed by atoms with van der Waals surface area (Å²) >= 11 is 0. The van der Waals surface area contributed by atoms with Crippen LogP contribution < -0.4 is 9.62 Å². The molecule has 1 amide bonds. The molecule has 0 spiro atoms. The van der Waals surface area contributed by atoms with Gasteiger partial charge in [-0.15, -0.1) is 0 Å². The molecule has 0 fully saturated rings. The third-order valence-corrected chi connectivity index (χ3v) is 7.01. The Hall–Kier alpha value is -3.26. The third kappa shape index (κ3) is 4.29. The molecule has 1 aliphatic rings. The van der Waals surface area contributed by atoms with Crippen LogP contribution in [0.25, 0.3) is 0 Å². The molecular formula is C23H20F2N2O3S. The second kappa shape index (κ2) is 8.47. The molecule has 0 bridgehead atoms. The Morgan fingerprint density at radius 1 is 1.00 bits per heavy atom. The van der Waals surface area contributed by atoms with E-state index in [1.807, 2.05) is 12.1 Å². The number of nitrogens with zero attached hydrogens (tertiary/aromatic N) is 1. The van der Waals surface area contributed by atoms with Crippen molar-refractivity contribution in [3.63, 3.8) is 0 Å². The lowest BCUT2D eigenvalue weighted by Gasteiger charge is -2.30. The normalized spacial score (nSPS) is 13.5. The molecule has 5 nitrogen and oxygen atoms in total. The molecule has 0 saturated carbocycles. The predicted molar refractivity (Wildman–Crippen MR) is 113 cm³/mol. The van der Waals surface area contributed by atoms with Gasteiger partial charge in [-0.05, 0) is 60.9 Å². The Kier molecular flexibility index (Phi) is 5.73. The van der Waals surface area contributed by atoms with E-state index >= 15 is 0 Å². The van der Waals surface area contributed by atoms with Crippen LogP contribution in [0.3, 0.4) is 0 Å². The lowest BCUT2D eigenvalue weighted by atomic mass is 10.0. The molecule has 0 atom stereocenters. The van der Waals surface area contributed by atoms with Crippen LogP contribution in [0.1, 0.15) is 27.9 Å². The van der Waals surface area contributed by atoms with E-state index in [9.17, 15) is 22.0 Å². The van der Waals surface area contributed by atoms with Crippen LogP contribution in [-0.4, -0.2) is 20.9 Å². The van der Waals surface area contributed by atoms with Crippen molar-refractivity contribution in [3.8, 4) is 0 Å². The van der Waals surface area contributed by atoms with Gasteiger partial charge in [0, 0.05) is 24.2 Å². The van der Waals surface area contributed by atoms with Crippen LogP contribution in [0.4, 0.5) is 14.5 Å². The number of halogens is 2. The monoisotopic (exact) mass is 442 g/mol. The highest BCUT2D eigenvalue weighted by Crippen LogP contribution is 2.31. The molecule has 8 heteroatoms. The molecule has 0 saturated heterocycles. The average molecular weight is 442 g/mol. The second-order valence-electron chi connectivity index (χ2n) is 7.26. The Balaban J connectivity index is 1.57. The van der Waals surface area contributed by atoms with Gasteiger partial charge in [-0.2, -0.15) is 0 Å². The van der Waals surface area contributed by atoms with Gasteiger partial charge in [0.1, 0.15) is 11.6 Å². The van der Waals surface area contributed by atoms with Gasteiger partial charge in [-0.1, -0.05) is 24.3 Å². The molecule has 4 rings (SSSR count). The molecule has 1 aliphatic heterocycles. The third-order valence-electron chi connectivity index (χ3n) is 5.20. The fourth-order valence-corrected chi connectivity index (χ4v) is 5.22. The maximum absolute atomic E-state index is 13.8. The lowest BCUT2D eigenvalue weighted by Crippen LogP contribution is -2.35. The van der Waals surface area contributed by atoms with Crippen molar-refractivity contribution in [2.24, 2.45) is 0 Å². The average Bonchev–Trinajstić information content (AvgIpc) is 2.79. The summed E-state index contributed by atoms with van der Waals surface area (Å²) in [6.45, 7) is 0.132. The number of carbonyl (C=O) groups excluding carboxylic acids is 1. The summed E-state index contributed by atoms with van der Waals surface area (Å²) in [6.07, 6.45) is 1.51. The zero-order chi connectivity index (χ0) is 22.0. The molecular weight excluding hydrogens is 422 g/mol. The first-order valence-electron chi connectivity index (χ1n) is 9.79. The molecule has 1 N–H and O–H groups in total. The molecule has 0 unspecified atom stereocenters. The highest BCUT2D eigenvalue weighted by Gasteiger charge is 2.29. The molecule has 0 radical (unpaired) electrons. The number of carbonyl (C=O) groups is 1. The van der Waals surface area contributed by atoms with Crippen molar-refractivity contribution in [2.45, 2.75) is 24.3 Å². The Labute approximate surface area is 179 Å². The second-order valence-corrected chi connectivity index (χ2v) is 9.12. The quantitative estimate of drug-likeness (QED) is 0.649. The predicted octanol–water partition coefficient (Wildman–Crippen LogP) is 4.04. The van der Waals surface area contributed by atoms with Gasteiger partial charge >= 0.3 is 0 Å². The number of aryl methyl sites for hydroxylation is 1. The minimum Gasteiger partial charge on any atom is -0.348 e. The van der Waals surface area contributed by atoms with E-state index in [1.54, 1.807) is 12.1 Å². The Morgan fingerprint density at radius 2 is 1.81 bits per heavy atom. The SMILES string of the molecule is O=C(NCc1cc(F)ccc1F)c1cccc(S(=O)(=O)N2CCCc3ccccc32)c1. The van der Waals surface area contributed by atoms with E-state index < -0.39 is 27.6 Å². The van der Waals surface area contributed by atoms with Crippen LogP contribution in [0.15, 0.2) is 71.6 Å². The molecule has 3 aromatic carbocycles. The van der Waals surface area contributed by atoms with Crippen molar-refractivity contribution in [1.82, 2.24) is 5.32 Å². The van der Waals surface area contributed by atoms with Crippen molar-refractivity contribution in [2.75, 3.05) is 10.8 Å². The summed E-state index contributed by atoms with van der Waals surface area (Å²) in [5, 5.41) is 2.50. The number of nitrogens with one attached hydrogen (secondary N) is 1. The summed E-state index contributed by atoms with van der Waals surface area (Å²) in [4.78, 5) is 12.5. The minimum atomic E-state index is -3.87. The first kappa shape index (κ1) is 21.0. The number of fused-ring (bicyclic) bond motifs is 1. The topological polar surface area (TPSA) is 66.5 Å². The molecule has 3 aromatic rings. The first-order valence-corrected chi connectivity index (χ1v) is 11.2. The zero-order valence-corrected chi connectivity index (χ0v) is 17.3. The zero-order valence-electron chi connectivity index (χ0n) is 16.5. The molecule has 1 heterocycles. The largest absolute Gasteiger partial charge is 0.348 e. The highest BCUT2D eigenvalue weighted by atomic mass is 32.2. The summed E-state index contributed by atoms with van der Waals surface area (Å²) in [7, 11) is -3.87. The molecule has 0 aliphatic carbocycles. The number of para-hydroxylation sites is 1. The molecule has 31 heavy (non-hydrogen) atoms. The van der Waals surface area contributed by atoms with E-state index in [-0.39, 0.29) is 22.6 Å².